The first-order chi connectivity index (χ1) is 17.8. The van der Waals surface area contributed by atoms with E-state index in [9.17, 15) is 18.4 Å². The Labute approximate surface area is 209 Å². The van der Waals surface area contributed by atoms with Crippen LogP contribution in [0.3, 0.4) is 0 Å². The number of pyridine rings is 1. The number of ether oxygens (including phenoxy) is 1. The van der Waals surface area contributed by atoms with E-state index in [0.29, 0.717) is 42.2 Å². The van der Waals surface area contributed by atoms with Crippen LogP contribution in [0.5, 0.6) is 11.5 Å². The largest absolute Gasteiger partial charge is 0.448 e. The Kier molecular flexibility index (Phi) is 6.38. The van der Waals surface area contributed by atoms with Crippen molar-refractivity contribution in [1.29, 1.82) is 0 Å². The van der Waals surface area contributed by atoms with Gasteiger partial charge in [0.2, 0.25) is 11.9 Å². The summed E-state index contributed by atoms with van der Waals surface area (Å²) in [4.78, 5) is 36.5. The maximum atomic E-state index is 14.3. The number of aromatic nitrogens is 5. The standard InChI is InChI=1S/C25H23F2N7O3/c1-3-22(35)33-8-4-5-18(14-33)34-23-15(11-28-25(31-23)30-17-12-29-32(2)13-17)9-21(24(34)36)37-20-7-6-16(26)10-19(20)27/h3,6-7,9-13,18H,1,4-5,8,14H2,2H3,(H,28,30,31). The number of nitrogens with zero attached hydrogens (tertiary/aromatic N) is 6. The number of hydrogen-bond donors (Lipinski definition) is 1. The predicted molar refractivity (Wildman–Crippen MR) is 132 cm³/mol. The molecule has 1 saturated heterocycles. The zero-order valence-electron chi connectivity index (χ0n) is 19.9. The molecule has 1 aliphatic heterocycles. The number of piperidine rings is 1. The van der Waals surface area contributed by atoms with Gasteiger partial charge in [-0.3, -0.25) is 18.8 Å². The molecule has 1 aromatic carbocycles. The van der Waals surface area contributed by atoms with Crippen molar-refractivity contribution in [3.63, 3.8) is 0 Å². The number of carbonyl (C=O) groups excluding carboxylic acids is 1. The molecule has 1 unspecified atom stereocenters. The van der Waals surface area contributed by atoms with Crippen molar-refractivity contribution in [1.82, 2.24) is 29.2 Å². The SMILES string of the molecule is C=CC(=O)N1CCCC(n2c(=O)c(Oc3ccc(F)cc3F)cc3cnc(Nc4cnn(C)c4)nc32)C1. The molecule has 4 heterocycles. The third-order valence-corrected chi connectivity index (χ3v) is 6.06. The molecule has 190 valence electrons. The van der Waals surface area contributed by atoms with E-state index in [1.165, 1.54) is 22.9 Å². The van der Waals surface area contributed by atoms with Gasteiger partial charge >= 0.3 is 0 Å². The summed E-state index contributed by atoms with van der Waals surface area (Å²) >= 11 is 0. The lowest BCUT2D eigenvalue weighted by molar-refractivity contribution is -0.127. The van der Waals surface area contributed by atoms with Crippen molar-refractivity contribution in [2.24, 2.45) is 7.05 Å². The fourth-order valence-electron chi connectivity index (χ4n) is 4.35. The minimum atomic E-state index is -0.946. The summed E-state index contributed by atoms with van der Waals surface area (Å²) in [6.45, 7) is 4.34. The molecule has 10 nitrogen and oxygen atoms in total. The Morgan fingerprint density at radius 2 is 2.08 bits per heavy atom. The fourth-order valence-corrected chi connectivity index (χ4v) is 4.35. The summed E-state index contributed by atoms with van der Waals surface area (Å²) in [5.41, 5.74) is 0.402. The highest BCUT2D eigenvalue weighted by molar-refractivity contribution is 5.87. The van der Waals surface area contributed by atoms with Crippen LogP contribution in [0.2, 0.25) is 0 Å². The monoisotopic (exact) mass is 507 g/mol. The summed E-state index contributed by atoms with van der Waals surface area (Å²) in [6, 6.07) is 3.81. The van der Waals surface area contributed by atoms with E-state index in [1.807, 2.05) is 0 Å². The highest BCUT2D eigenvalue weighted by Crippen LogP contribution is 2.29. The normalized spacial score (nSPS) is 15.5. The molecule has 1 fully saturated rings. The fraction of sp³-hybridized carbons (Fsp3) is 0.240. The molecule has 0 aliphatic carbocycles. The lowest BCUT2D eigenvalue weighted by atomic mass is 10.0. The van der Waals surface area contributed by atoms with E-state index in [1.54, 1.807) is 29.0 Å². The second kappa shape index (κ2) is 9.80. The Morgan fingerprint density at radius 3 is 2.81 bits per heavy atom. The topological polar surface area (TPSA) is 107 Å². The number of benzene rings is 1. The van der Waals surface area contributed by atoms with Crippen LogP contribution >= 0.6 is 0 Å². The van der Waals surface area contributed by atoms with Gasteiger partial charge in [-0.05, 0) is 37.1 Å². The molecule has 0 spiro atoms. The van der Waals surface area contributed by atoms with Crippen LogP contribution in [0, 0.1) is 11.6 Å². The van der Waals surface area contributed by atoms with Crippen LogP contribution < -0.4 is 15.6 Å². The van der Waals surface area contributed by atoms with E-state index in [0.717, 1.165) is 12.1 Å². The molecule has 0 radical (unpaired) electrons. The van der Waals surface area contributed by atoms with Gasteiger partial charge in [-0.25, -0.2) is 13.8 Å². The lowest BCUT2D eigenvalue weighted by Crippen LogP contribution is -2.42. The number of halogens is 2. The van der Waals surface area contributed by atoms with Gasteiger partial charge in [0.1, 0.15) is 11.5 Å². The molecule has 0 bridgehead atoms. The van der Waals surface area contributed by atoms with Crippen molar-refractivity contribution in [2.45, 2.75) is 18.9 Å². The predicted octanol–water partition coefficient (Wildman–Crippen LogP) is 3.69. The van der Waals surface area contributed by atoms with E-state index >= 15 is 0 Å². The van der Waals surface area contributed by atoms with Crippen molar-refractivity contribution >= 4 is 28.6 Å². The first kappa shape index (κ1) is 24.1. The van der Waals surface area contributed by atoms with Crippen LogP contribution in [0.1, 0.15) is 18.9 Å². The number of anilines is 2. The van der Waals surface area contributed by atoms with Crippen LogP contribution in [-0.2, 0) is 11.8 Å². The van der Waals surface area contributed by atoms with Gasteiger partial charge in [-0.2, -0.15) is 10.1 Å². The number of carbonyl (C=O) groups is 1. The molecule has 0 saturated carbocycles. The van der Waals surface area contributed by atoms with Gasteiger partial charge in [0, 0.05) is 44.0 Å². The summed E-state index contributed by atoms with van der Waals surface area (Å²) in [6.07, 6.45) is 7.35. The lowest BCUT2D eigenvalue weighted by Gasteiger charge is -2.33. The minimum Gasteiger partial charge on any atom is -0.448 e. The maximum absolute atomic E-state index is 14.3. The van der Waals surface area contributed by atoms with Gasteiger partial charge in [0.25, 0.3) is 5.56 Å². The first-order valence-corrected chi connectivity index (χ1v) is 11.5. The Morgan fingerprint density at radius 1 is 1.24 bits per heavy atom. The zero-order valence-corrected chi connectivity index (χ0v) is 19.9. The molecule has 1 N–H and O–H groups in total. The quantitative estimate of drug-likeness (QED) is 0.397. The molecule has 1 aliphatic rings. The smallest absolute Gasteiger partial charge is 0.295 e. The number of nitrogens with one attached hydrogen (secondary N) is 1. The van der Waals surface area contributed by atoms with Crippen LogP contribution in [-0.4, -0.2) is 48.2 Å². The van der Waals surface area contributed by atoms with Crippen molar-refractivity contribution < 1.29 is 18.3 Å². The molecule has 12 heteroatoms. The molecule has 3 aromatic heterocycles. The number of amides is 1. The molecule has 5 rings (SSSR count). The van der Waals surface area contributed by atoms with Crippen LogP contribution in [0.4, 0.5) is 20.4 Å². The number of fused-ring (bicyclic) bond motifs is 1. The van der Waals surface area contributed by atoms with Gasteiger partial charge < -0.3 is 15.0 Å². The van der Waals surface area contributed by atoms with E-state index in [2.05, 4.69) is 27.0 Å². The van der Waals surface area contributed by atoms with Crippen LogP contribution in [0.15, 0.2) is 60.3 Å². The minimum absolute atomic E-state index is 0.179. The second-order valence-corrected chi connectivity index (χ2v) is 8.65. The van der Waals surface area contributed by atoms with Crippen molar-refractivity contribution in [3.05, 3.63) is 77.5 Å². The van der Waals surface area contributed by atoms with Crippen molar-refractivity contribution in [2.75, 3.05) is 18.4 Å². The molecular weight excluding hydrogens is 484 g/mol. The summed E-state index contributed by atoms with van der Waals surface area (Å²) in [5.74, 6) is -2.19. The molecule has 1 amide bonds. The van der Waals surface area contributed by atoms with Gasteiger partial charge in [-0.1, -0.05) is 6.58 Å². The maximum Gasteiger partial charge on any atom is 0.295 e. The Balaban J connectivity index is 1.62. The van der Waals surface area contributed by atoms with E-state index in [4.69, 9.17) is 4.74 Å². The van der Waals surface area contributed by atoms with Gasteiger partial charge in [-0.15, -0.1) is 0 Å². The highest BCUT2D eigenvalue weighted by Gasteiger charge is 2.27. The zero-order chi connectivity index (χ0) is 26.1. The van der Waals surface area contributed by atoms with Crippen molar-refractivity contribution in [3.8, 4) is 11.5 Å². The number of aryl methyl sites for hydroxylation is 1. The number of rotatable bonds is 6. The summed E-state index contributed by atoms with van der Waals surface area (Å²) in [5, 5.41) is 7.62. The number of hydrogen-bond acceptors (Lipinski definition) is 7. The molecule has 37 heavy (non-hydrogen) atoms. The Hall–Kier alpha value is -4.61. The Bertz CT molecular complexity index is 1570. The third kappa shape index (κ3) is 4.90. The number of likely N-dealkylation sites (tertiary alicyclic amines) is 1. The average molecular weight is 508 g/mol. The van der Waals surface area contributed by atoms with E-state index in [-0.39, 0.29) is 29.9 Å². The first-order valence-electron chi connectivity index (χ1n) is 11.5. The summed E-state index contributed by atoms with van der Waals surface area (Å²) < 4.78 is 36.4. The second-order valence-electron chi connectivity index (χ2n) is 8.65. The average Bonchev–Trinajstić information content (AvgIpc) is 3.30. The highest BCUT2D eigenvalue weighted by atomic mass is 19.1. The molecule has 1 atom stereocenters. The van der Waals surface area contributed by atoms with Gasteiger partial charge in [0.05, 0.1) is 17.9 Å². The van der Waals surface area contributed by atoms with Crippen LogP contribution in [0.25, 0.3) is 11.0 Å². The summed E-state index contributed by atoms with van der Waals surface area (Å²) in [7, 11) is 1.77. The third-order valence-electron chi connectivity index (χ3n) is 6.06. The molecular formula is C25H23F2N7O3. The van der Waals surface area contributed by atoms with Gasteiger partial charge in [0.15, 0.2) is 17.3 Å². The molecule has 4 aromatic rings. The van der Waals surface area contributed by atoms with E-state index < -0.39 is 23.2 Å².